The van der Waals surface area contributed by atoms with Gasteiger partial charge in [0, 0.05) is 14.2 Å². The van der Waals surface area contributed by atoms with Crippen LogP contribution in [0.5, 0.6) is 5.75 Å². The van der Waals surface area contributed by atoms with E-state index in [1.165, 1.54) is 88.2 Å². The van der Waals surface area contributed by atoms with Gasteiger partial charge in [-0.05, 0) is 109 Å². The molecule has 5 unspecified atom stereocenters. The molecular formula is C35H50O4. The minimum atomic E-state index is 0.272. The maximum absolute atomic E-state index is 6.28. The van der Waals surface area contributed by atoms with Gasteiger partial charge in [0.1, 0.15) is 12.5 Å². The number of aryl methyl sites for hydroxylation is 1. The zero-order valence-electron chi connectivity index (χ0n) is 24.5. The second-order valence-corrected chi connectivity index (χ2v) is 12.6. The molecule has 3 aliphatic carbocycles. The average Bonchev–Trinajstić information content (AvgIpc) is 3.30. The van der Waals surface area contributed by atoms with E-state index in [1.54, 1.807) is 19.8 Å². The van der Waals surface area contributed by atoms with Gasteiger partial charge < -0.3 is 18.9 Å². The molecule has 0 aromatic heterocycles. The van der Waals surface area contributed by atoms with Gasteiger partial charge >= 0.3 is 0 Å². The van der Waals surface area contributed by atoms with Crippen LogP contribution in [-0.2, 0) is 27.1 Å². The maximum atomic E-state index is 6.28. The molecule has 0 bridgehead atoms. The van der Waals surface area contributed by atoms with Crippen molar-refractivity contribution in [3.8, 4) is 5.75 Å². The lowest BCUT2D eigenvalue weighted by Gasteiger charge is -2.53. The third-order valence-electron chi connectivity index (χ3n) is 10.4. The normalized spacial score (nSPS) is 29.5. The van der Waals surface area contributed by atoms with Gasteiger partial charge in [-0.25, -0.2) is 0 Å². The molecule has 214 valence electrons. The number of unbranched alkanes of at least 4 members (excludes halogenated alkanes) is 4. The van der Waals surface area contributed by atoms with E-state index in [1.807, 2.05) is 0 Å². The number of hydrogen-bond acceptors (Lipinski definition) is 4. The molecular weight excluding hydrogens is 484 g/mol. The summed E-state index contributed by atoms with van der Waals surface area (Å²) in [5.74, 6) is 3.86. The maximum Gasteiger partial charge on any atom is 0.188 e. The quantitative estimate of drug-likeness (QED) is 0.180. The molecule has 0 saturated heterocycles. The van der Waals surface area contributed by atoms with Crippen LogP contribution in [0.15, 0.2) is 48.5 Å². The Morgan fingerprint density at radius 2 is 1.64 bits per heavy atom. The fourth-order valence-corrected chi connectivity index (χ4v) is 8.55. The number of ether oxygens (including phenoxy) is 4. The van der Waals surface area contributed by atoms with E-state index in [4.69, 9.17) is 18.9 Å². The predicted octanol–water partition coefficient (Wildman–Crippen LogP) is 8.32. The van der Waals surface area contributed by atoms with Crippen molar-refractivity contribution in [3.05, 3.63) is 65.2 Å². The standard InChI is InChI=1S/C35H50O4/c1-35-21-20-31-30-17-16-29(38-24-36-2)23-28(30)22-27(34(31)32(35)18-19-33(35)39-25-37-3)15-11-6-4-5-8-12-26-13-9-7-10-14-26/h7,9-10,13-14,16-17,23,27,31-34H,4-6,8,11-12,15,18-22,24-25H2,1-3H3/t27-,31?,32?,33?,34?,35?/m1/s1. The van der Waals surface area contributed by atoms with Gasteiger partial charge in [0.15, 0.2) is 6.79 Å². The highest BCUT2D eigenvalue weighted by Gasteiger charge is 2.57. The molecule has 3 aliphatic rings. The topological polar surface area (TPSA) is 36.9 Å². The van der Waals surface area contributed by atoms with Crippen LogP contribution in [0.25, 0.3) is 0 Å². The fourth-order valence-electron chi connectivity index (χ4n) is 8.55. The Labute approximate surface area is 236 Å². The largest absolute Gasteiger partial charge is 0.468 e. The van der Waals surface area contributed by atoms with Gasteiger partial charge in [0.2, 0.25) is 0 Å². The van der Waals surface area contributed by atoms with Crippen LogP contribution >= 0.6 is 0 Å². The molecule has 0 aliphatic heterocycles. The molecule has 2 fully saturated rings. The Balaban J connectivity index is 1.24. The minimum Gasteiger partial charge on any atom is -0.468 e. The molecule has 4 nitrogen and oxygen atoms in total. The van der Waals surface area contributed by atoms with Crippen LogP contribution in [0.3, 0.4) is 0 Å². The Kier molecular flexibility index (Phi) is 10.0. The number of rotatable bonds is 14. The summed E-state index contributed by atoms with van der Waals surface area (Å²) in [5.41, 5.74) is 4.86. The van der Waals surface area contributed by atoms with Gasteiger partial charge in [-0.15, -0.1) is 0 Å². The zero-order valence-corrected chi connectivity index (χ0v) is 24.5. The summed E-state index contributed by atoms with van der Waals surface area (Å²) in [6.45, 7) is 3.26. The first-order valence-corrected chi connectivity index (χ1v) is 15.5. The molecule has 0 amide bonds. The molecule has 6 atom stereocenters. The van der Waals surface area contributed by atoms with Gasteiger partial charge in [-0.1, -0.05) is 69.0 Å². The van der Waals surface area contributed by atoms with Crippen LogP contribution in [-0.4, -0.2) is 33.9 Å². The van der Waals surface area contributed by atoms with E-state index in [-0.39, 0.29) is 5.41 Å². The van der Waals surface area contributed by atoms with E-state index in [0.29, 0.717) is 25.6 Å². The Hall–Kier alpha value is -1.88. The Morgan fingerprint density at radius 1 is 0.846 bits per heavy atom. The summed E-state index contributed by atoms with van der Waals surface area (Å²) >= 11 is 0. The number of fused-ring (bicyclic) bond motifs is 5. The highest BCUT2D eigenvalue weighted by molar-refractivity contribution is 5.41. The van der Waals surface area contributed by atoms with Crippen molar-refractivity contribution in [3.63, 3.8) is 0 Å². The van der Waals surface area contributed by atoms with Crippen LogP contribution in [0.1, 0.15) is 93.7 Å². The van der Waals surface area contributed by atoms with Crippen molar-refractivity contribution in [1.82, 2.24) is 0 Å². The SMILES string of the molecule is COCOc1ccc2c(c1)C[C@@H](CCCCCCCc1ccccc1)C1C2CCC2(C)C(OCOC)CCC12. The van der Waals surface area contributed by atoms with Crippen LogP contribution in [0.4, 0.5) is 0 Å². The van der Waals surface area contributed by atoms with E-state index >= 15 is 0 Å². The molecule has 5 rings (SSSR count). The first-order chi connectivity index (χ1) is 19.1. The number of methoxy groups -OCH3 is 2. The number of hydrogen-bond donors (Lipinski definition) is 0. The van der Waals surface area contributed by atoms with Crippen molar-refractivity contribution >= 4 is 0 Å². The van der Waals surface area contributed by atoms with Gasteiger partial charge in [0.25, 0.3) is 0 Å². The summed E-state index contributed by atoms with van der Waals surface area (Å²) in [5, 5.41) is 0. The second-order valence-electron chi connectivity index (χ2n) is 12.6. The highest BCUT2D eigenvalue weighted by atomic mass is 16.7. The molecule has 2 aromatic rings. The molecule has 0 radical (unpaired) electrons. The van der Waals surface area contributed by atoms with E-state index in [2.05, 4.69) is 55.5 Å². The molecule has 39 heavy (non-hydrogen) atoms. The van der Waals surface area contributed by atoms with Crippen molar-refractivity contribution in [2.45, 2.75) is 96.0 Å². The van der Waals surface area contributed by atoms with Gasteiger partial charge in [-0.2, -0.15) is 0 Å². The lowest BCUT2D eigenvalue weighted by molar-refractivity contribution is -0.128. The fraction of sp³-hybridized carbons (Fsp3) is 0.657. The lowest BCUT2D eigenvalue weighted by atomic mass is 9.52. The predicted molar refractivity (Wildman–Crippen MR) is 157 cm³/mol. The monoisotopic (exact) mass is 534 g/mol. The van der Waals surface area contributed by atoms with Crippen molar-refractivity contribution in [2.24, 2.45) is 23.2 Å². The Morgan fingerprint density at radius 3 is 2.46 bits per heavy atom. The molecule has 2 aromatic carbocycles. The molecule has 2 saturated carbocycles. The van der Waals surface area contributed by atoms with E-state index in [9.17, 15) is 0 Å². The third-order valence-corrected chi connectivity index (χ3v) is 10.4. The Bertz CT molecular complexity index is 1020. The molecule has 0 N–H and O–H groups in total. The highest BCUT2D eigenvalue weighted by Crippen LogP contribution is 2.63. The molecule has 4 heteroatoms. The van der Waals surface area contributed by atoms with E-state index < -0.39 is 0 Å². The van der Waals surface area contributed by atoms with Crippen LogP contribution in [0.2, 0.25) is 0 Å². The summed E-state index contributed by atoms with van der Waals surface area (Å²) in [6.07, 6.45) is 15.8. The molecule has 0 heterocycles. The van der Waals surface area contributed by atoms with Gasteiger partial charge in [-0.3, -0.25) is 0 Å². The summed E-state index contributed by atoms with van der Waals surface area (Å²) in [4.78, 5) is 0. The average molecular weight is 535 g/mol. The first-order valence-electron chi connectivity index (χ1n) is 15.5. The molecule has 0 spiro atoms. The smallest absolute Gasteiger partial charge is 0.188 e. The van der Waals surface area contributed by atoms with E-state index in [0.717, 1.165) is 23.5 Å². The van der Waals surface area contributed by atoms with Crippen molar-refractivity contribution in [1.29, 1.82) is 0 Å². The summed E-state index contributed by atoms with van der Waals surface area (Å²) < 4.78 is 22.6. The van der Waals surface area contributed by atoms with Crippen LogP contribution in [0, 0.1) is 23.2 Å². The summed E-state index contributed by atoms with van der Waals surface area (Å²) in [6, 6.07) is 17.8. The zero-order chi connectivity index (χ0) is 27.1. The van der Waals surface area contributed by atoms with Gasteiger partial charge in [0.05, 0.1) is 6.10 Å². The summed E-state index contributed by atoms with van der Waals surface area (Å²) in [7, 11) is 3.43. The van der Waals surface area contributed by atoms with Crippen LogP contribution < -0.4 is 4.74 Å². The van der Waals surface area contributed by atoms with Crippen molar-refractivity contribution in [2.75, 3.05) is 27.8 Å². The first kappa shape index (κ1) is 28.6. The van der Waals surface area contributed by atoms with Crippen molar-refractivity contribution < 1.29 is 18.9 Å². The third kappa shape index (κ3) is 6.55. The second kappa shape index (κ2) is 13.7. The minimum absolute atomic E-state index is 0.272. The lowest BCUT2D eigenvalue weighted by Crippen LogP contribution is -2.47. The number of benzene rings is 2.